The molecule has 0 amide bonds. The second kappa shape index (κ2) is 7.76. The maximum Gasteiger partial charge on any atom is 0.304 e. The van der Waals surface area contributed by atoms with Gasteiger partial charge in [-0.2, -0.15) is 0 Å². The molecule has 1 aromatic heterocycles. The lowest BCUT2D eigenvalue weighted by Gasteiger charge is -2.21. The van der Waals surface area contributed by atoms with E-state index in [1.807, 2.05) is 36.4 Å². The van der Waals surface area contributed by atoms with Crippen molar-refractivity contribution in [2.75, 3.05) is 6.54 Å². The number of hydrogen-bond acceptors (Lipinski definition) is 3. The second-order valence-electron chi connectivity index (χ2n) is 4.84. The molecule has 4 nitrogen and oxygen atoms in total. The van der Waals surface area contributed by atoms with Crippen molar-refractivity contribution in [1.82, 2.24) is 9.88 Å². The SMILES string of the molecule is O=C(O)CCN(Cc1ccc(Cl)cc1)Cc1cccnc1. The quantitative estimate of drug-likeness (QED) is 0.853. The van der Waals surface area contributed by atoms with Gasteiger partial charge in [0.05, 0.1) is 6.42 Å². The van der Waals surface area contributed by atoms with E-state index in [9.17, 15) is 4.79 Å². The normalized spacial score (nSPS) is 10.8. The second-order valence-corrected chi connectivity index (χ2v) is 5.28. The van der Waals surface area contributed by atoms with E-state index in [0.29, 0.717) is 24.7 Å². The Balaban J connectivity index is 2.04. The molecule has 1 heterocycles. The predicted molar refractivity (Wildman–Crippen MR) is 82.1 cm³/mol. The molecule has 1 N–H and O–H groups in total. The topological polar surface area (TPSA) is 53.4 Å². The minimum Gasteiger partial charge on any atom is -0.481 e. The van der Waals surface area contributed by atoms with Crippen LogP contribution >= 0.6 is 11.6 Å². The largest absolute Gasteiger partial charge is 0.481 e. The van der Waals surface area contributed by atoms with E-state index in [4.69, 9.17) is 16.7 Å². The van der Waals surface area contributed by atoms with Crippen LogP contribution in [0.15, 0.2) is 48.8 Å². The molecule has 0 aliphatic carbocycles. The summed E-state index contributed by atoms with van der Waals surface area (Å²) in [5.74, 6) is -0.790. The van der Waals surface area contributed by atoms with Gasteiger partial charge >= 0.3 is 5.97 Å². The summed E-state index contributed by atoms with van der Waals surface area (Å²) in [5.41, 5.74) is 2.17. The van der Waals surface area contributed by atoms with Crippen LogP contribution < -0.4 is 0 Å². The van der Waals surface area contributed by atoms with Crippen LogP contribution in [0.1, 0.15) is 17.5 Å². The van der Waals surface area contributed by atoms with E-state index in [1.54, 1.807) is 12.4 Å². The van der Waals surface area contributed by atoms with Gasteiger partial charge < -0.3 is 5.11 Å². The average Bonchev–Trinajstić information content (AvgIpc) is 2.48. The molecule has 0 unspecified atom stereocenters. The number of aliphatic carboxylic acids is 1. The molecule has 0 aliphatic heterocycles. The zero-order chi connectivity index (χ0) is 15.1. The number of rotatable bonds is 7. The van der Waals surface area contributed by atoms with Crippen LogP contribution in [-0.4, -0.2) is 27.5 Å². The highest BCUT2D eigenvalue weighted by Crippen LogP contribution is 2.13. The Morgan fingerprint density at radius 2 is 1.86 bits per heavy atom. The van der Waals surface area contributed by atoms with Gasteiger partial charge in [0, 0.05) is 37.1 Å². The molecule has 0 atom stereocenters. The minimum atomic E-state index is -0.790. The maximum atomic E-state index is 10.8. The van der Waals surface area contributed by atoms with Gasteiger partial charge in [-0.05, 0) is 29.3 Å². The Labute approximate surface area is 129 Å². The van der Waals surface area contributed by atoms with Crippen LogP contribution in [0.5, 0.6) is 0 Å². The van der Waals surface area contributed by atoms with Crippen LogP contribution in [0.3, 0.4) is 0 Å². The van der Waals surface area contributed by atoms with E-state index >= 15 is 0 Å². The zero-order valence-corrected chi connectivity index (χ0v) is 12.3. The Bertz CT molecular complexity index is 573. The highest BCUT2D eigenvalue weighted by molar-refractivity contribution is 6.30. The number of halogens is 1. The lowest BCUT2D eigenvalue weighted by atomic mass is 10.2. The van der Waals surface area contributed by atoms with E-state index in [2.05, 4.69) is 9.88 Å². The predicted octanol–water partition coefficient (Wildman–Crippen LogP) is 3.21. The maximum absolute atomic E-state index is 10.8. The third-order valence-corrected chi connectivity index (χ3v) is 3.34. The van der Waals surface area contributed by atoms with Gasteiger partial charge in [-0.25, -0.2) is 0 Å². The summed E-state index contributed by atoms with van der Waals surface area (Å²) in [4.78, 5) is 17.0. The van der Waals surface area contributed by atoms with Crippen LogP contribution in [-0.2, 0) is 17.9 Å². The molecule has 2 rings (SSSR count). The third kappa shape index (κ3) is 5.53. The summed E-state index contributed by atoms with van der Waals surface area (Å²) in [6.07, 6.45) is 3.65. The van der Waals surface area contributed by atoms with Gasteiger partial charge in [-0.3, -0.25) is 14.7 Å². The van der Waals surface area contributed by atoms with E-state index in [-0.39, 0.29) is 6.42 Å². The molecular formula is C16H17ClN2O2. The molecule has 0 fully saturated rings. The molecule has 0 saturated carbocycles. The monoisotopic (exact) mass is 304 g/mol. The molecule has 0 saturated heterocycles. The number of carbonyl (C=O) groups is 1. The number of nitrogens with zero attached hydrogens (tertiary/aromatic N) is 2. The number of carboxylic acid groups (broad SMARTS) is 1. The van der Waals surface area contributed by atoms with E-state index in [1.165, 1.54) is 0 Å². The molecule has 21 heavy (non-hydrogen) atoms. The summed E-state index contributed by atoms with van der Waals surface area (Å²) in [5, 5.41) is 9.57. The van der Waals surface area contributed by atoms with Crippen molar-refractivity contribution in [3.8, 4) is 0 Å². The number of hydrogen-bond donors (Lipinski definition) is 1. The van der Waals surface area contributed by atoms with Gasteiger partial charge in [0.15, 0.2) is 0 Å². The van der Waals surface area contributed by atoms with Gasteiger partial charge in [0.1, 0.15) is 0 Å². The number of carboxylic acids is 1. The van der Waals surface area contributed by atoms with Crippen molar-refractivity contribution < 1.29 is 9.90 Å². The van der Waals surface area contributed by atoms with Crippen LogP contribution in [0, 0.1) is 0 Å². The molecule has 5 heteroatoms. The Morgan fingerprint density at radius 1 is 1.14 bits per heavy atom. The lowest BCUT2D eigenvalue weighted by molar-refractivity contribution is -0.137. The smallest absolute Gasteiger partial charge is 0.304 e. The first-order chi connectivity index (χ1) is 10.1. The van der Waals surface area contributed by atoms with Crippen molar-refractivity contribution in [2.45, 2.75) is 19.5 Å². The average molecular weight is 305 g/mol. The molecule has 0 spiro atoms. The molecule has 110 valence electrons. The lowest BCUT2D eigenvalue weighted by Crippen LogP contribution is -2.25. The summed E-state index contributed by atoms with van der Waals surface area (Å²) in [7, 11) is 0. The standard InChI is InChI=1S/C16H17ClN2O2/c17-15-5-3-13(4-6-15)11-19(9-7-16(20)21)12-14-2-1-8-18-10-14/h1-6,8,10H,7,9,11-12H2,(H,20,21). The number of benzene rings is 1. The van der Waals surface area contributed by atoms with Crippen LogP contribution in [0.25, 0.3) is 0 Å². The first-order valence-electron chi connectivity index (χ1n) is 6.71. The van der Waals surface area contributed by atoms with Crippen molar-refractivity contribution in [3.05, 3.63) is 64.9 Å². The number of pyridine rings is 1. The number of aromatic nitrogens is 1. The van der Waals surface area contributed by atoms with E-state index in [0.717, 1.165) is 11.1 Å². The van der Waals surface area contributed by atoms with Crippen molar-refractivity contribution in [3.63, 3.8) is 0 Å². The molecule has 0 radical (unpaired) electrons. The summed E-state index contributed by atoms with van der Waals surface area (Å²) >= 11 is 5.88. The van der Waals surface area contributed by atoms with Crippen molar-refractivity contribution in [1.29, 1.82) is 0 Å². The fourth-order valence-electron chi connectivity index (χ4n) is 2.07. The molecule has 0 aliphatic rings. The van der Waals surface area contributed by atoms with Crippen molar-refractivity contribution in [2.24, 2.45) is 0 Å². The van der Waals surface area contributed by atoms with E-state index < -0.39 is 5.97 Å². The van der Waals surface area contributed by atoms with Gasteiger partial charge in [-0.15, -0.1) is 0 Å². The van der Waals surface area contributed by atoms with Gasteiger partial charge in [0.25, 0.3) is 0 Å². The Morgan fingerprint density at radius 3 is 2.48 bits per heavy atom. The van der Waals surface area contributed by atoms with Gasteiger partial charge in [0.2, 0.25) is 0 Å². The van der Waals surface area contributed by atoms with Gasteiger partial charge in [-0.1, -0.05) is 29.8 Å². The minimum absolute atomic E-state index is 0.119. The fourth-order valence-corrected chi connectivity index (χ4v) is 2.19. The molecule has 1 aromatic carbocycles. The molecular weight excluding hydrogens is 288 g/mol. The molecule has 0 bridgehead atoms. The first kappa shape index (κ1) is 15.5. The van der Waals surface area contributed by atoms with Crippen LogP contribution in [0.2, 0.25) is 5.02 Å². The Hall–Kier alpha value is -1.91. The third-order valence-electron chi connectivity index (χ3n) is 3.09. The first-order valence-corrected chi connectivity index (χ1v) is 7.09. The highest BCUT2D eigenvalue weighted by Gasteiger charge is 2.09. The van der Waals surface area contributed by atoms with Crippen molar-refractivity contribution >= 4 is 17.6 Å². The summed E-state index contributed by atoms with van der Waals surface area (Å²) in [6, 6.07) is 11.5. The summed E-state index contributed by atoms with van der Waals surface area (Å²) < 4.78 is 0. The summed E-state index contributed by atoms with van der Waals surface area (Å²) in [6.45, 7) is 1.84. The molecule has 2 aromatic rings. The van der Waals surface area contributed by atoms with Crippen LogP contribution in [0.4, 0.5) is 0 Å². The Kier molecular flexibility index (Phi) is 5.72. The fraction of sp³-hybridized carbons (Fsp3) is 0.250. The highest BCUT2D eigenvalue weighted by atomic mass is 35.5. The zero-order valence-electron chi connectivity index (χ0n) is 11.6.